The lowest BCUT2D eigenvalue weighted by Gasteiger charge is -2.18. The summed E-state index contributed by atoms with van der Waals surface area (Å²) in [6.07, 6.45) is 0.407. The monoisotopic (exact) mass is 495 g/mol. The predicted octanol–water partition coefficient (Wildman–Crippen LogP) is 4.13. The fourth-order valence-corrected chi connectivity index (χ4v) is 5.64. The Kier molecular flexibility index (Phi) is 5.89. The van der Waals surface area contributed by atoms with Gasteiger partial charge in [-0.2, -0.15) is 4.72 Å². The number of ether oxygens (including phenoxy) is 1. The quantitative estimate of drug-likeness (QED) is 0.406. The van der Waals surface area contributed by atoms with Gasteiger partial charge in [0, 0.05) is 18.5 Å². The van der Waals surface area contributed by atoms with Crippen LogP contribution in [0.5, 0.6) is 5.75 Å². The van der Waals surface area contributed by atoms with Crippen molar-refractivity contribution in [2.24, 2.45) is 0 Å². The lowest BCUT2D eigenvalue weighted by molar-refractivity contribution is -0.129. The SMILES string of the molecule is COc1ccc2ccc(S(=O)(=O)N[C@H]3CCN(Cc4ccc5nc(Cl)ccc5c4)C3=O)cc2c1. The molecule has 1 N–H and O–H groups in total. The molecule has 2 heterocycles. The number of hydrogen-bond acceptors (Lipinski definition) is 5. The van der Waals surface area contributed by atoms with Crippen LogP contribution in [-0.2, 0) is 21.4 Å². The first kappa shape index (κ1) is 22.6. The van der Waals surface area contributed by atoms with E-state index in [9.17, 15) is 13.2 Å². The molecule has 9 heteroatoms. The molecule has 1 amide bonds. The highest BCUT2D eigenvalue weighted by Crippen LogP contribution is 2.25. The molecule has 3 aromatic carbocycles. The molecule has 0 spiro atoms. The van der Waals surface area contributed by atoms with Crippen LogP contribution in [0.15, 0.2) is 71.6 Å². The van der Waals surface area contributed by atoms with Gasteiger partial charge in [0.25, 0.3) is 0 Å². The largest absolute Gasteiger partial charge is 0.497 e. The fraction of sp³-hybridized carbons (Fsp3) is 0.200. The Hall–Kier alpha value is -3.20. The van der Waals surface area contributed by atoms with Gasteiger partial charge in [-0.1, -0.05) is 29.8 Å². The molecule has 174 valence electrons. The van der Waals surface area contributed by atoms with Gasteiger partial charge in [0.2, 0.25) is 15.9 Å². The van der Waals surface area contributed by atoms with Crippen molar-refractivity contribution in [3.05, 3.63) is 77.4 Å². The number of aromatic nitrogens is 1. The van der Waals surface area contributed by atoms with E-state index in [1.807, 2.05) is 36.4 Å². The molecule has 1 saturated heterocycles. The average Bonchev–Trinajstić information content (AvgIpc) is 3.16. The molecule has 0 unspecified atom stereocenters. The number of halogens is 1. The minimum Gasteiger partial charge on any atom is -0.497 e. The molecule has 1 atom stereocenters. The fourth-order valence-electron chi connectivity index (χ4n) is 4.23. The van der Waals surface area contributed by atoms with Gasteiger partial charge >= 0.3 is 0 Å². The molecule has 0 radical (unpaired) electrons. The lowest BCUT2D eigenvalue weighted by Crippen LogP contribution is -2.41. The van der Waals surface area contributed by atoms with Gasteiger partial charge in [0.15, 0.2) is 0 Å². The number of benzene rings is 3. The second kappa shape index (κ2) is 8.87. The first-order valence-electron chi connectivity index (χ1n) is 10.8. The molecule has 0 bridgehead atoms. The number of nitrogens with zero attached hydrogens (tertiary/aromatic N) is 2. The third kappa shape index (κ3) is 4.44. The maximum atomic E-state index is 13.0. The number of likely N-dealkylation sites (tertiary alicyclic amines) is 1. The number of rotatable bonds is 6. The van der Waals surface area contributed by atoms with Crippen LogP contribution in [0.25, 0.3) is 21.7 Å². The van der Waals surface area contributed by atoms with Crippen molar-refractivity contribution < 1.29 is 17.9 Å². The summed E-state index contributed by atoms with van der Waals surface area (Å²) in [6.45, 7) is 0.864. The van der Waals surface area contributed by atoms with Crippen molar-refractivity contribution in [1.82, 2.24) is 14.6 Å². The number of methoxy groups -OCH3 is 1. The summed E-state index contributed by atoms with van der Waals surface area (Å²) in [6, 6.07) is 18.9. The first-order valence-corrected chi connectivity index (χ1v) is 12.6. The number of carbonyl (C=O) groups is 1. The summed E-state index contributed by atoms with van der Waals surface area (Å²) in [4.78, 5) is 19.0. The second-order valence-corrected chi connectivity index (χ2v) is 10.4. The highest BCUT2D eigenvalue weighted by molar-refractivity contribution is 7.89. The van der Waals surface area contributed by atoms with Crippen molar-refractivity contribution in [2.75, 3.05) is 13.7 Å². The van der Waals surface area contributed by atoms with Crippen LogP contribution in [0.4, 0.5) is 0 Å². The molecule has 7 nitrogen and oxygen atoms in total. The van der Waals surface area contributed by atoms with Crippen LogP contribution in [-0.4, -0.2) is 43.9 Å². The maximum Gasteiger partial charge on any atom is 0.241 e. The summed E-state index contributed by atoms with van der Waals surface area (Å²) in [5.41, 5.74) is 1.72. The zero-order valence-electron chi connectivity index (χ0n) is 18.4. The Morgan fingerprint density at radius 3 is 2.65 bits per heavy atom. The average molecular weight is 496 g/mol. The molecule has 4 aromatic rings. The molecule has 1 aliphatic heterocycles. The van der Waals surface area contributed by atoms with Gasteiger partial charge in [-0.15, -0.1) is 0 Å². The first-order chi connectivity index (χ1) is 16.3. The van der Waals surface area contributed by atoms with E-state index >= 15 is 0 Å². The van der Waals surface area contributed by atoms with Gasteiger partial charge < -0.3 is 9.64 Å². The number of fused-ring (bicyclic) bond motifs is 2. The van der Waals surface area contributed by atoms with Crippen LogP contribution in [0.3, 0.4) is 0 Å². The lowest BCUT2D eigenvalue weighted by atomic mass is 10.1. The van der Waals surface area contributed by atoms with Crippen LogP contribution in [0.1, 0.15) is 12.0 Å². The Balaban J connectivity index is 1.31. The number of sulfonamides is 1. The minimum atomic E-state index is -3.88. The predicted molar refractivity (Wildman–Crippen MR) is 131 cm³/mol. The van der Waals surface area contributed by atoms with Crippen molar-refractivity contribution in [2.45, 2.75) is 23.9 Å². The van der Waals surface area contributed by atoms with E-state index < -0.39 is 16.1 Å². The summed E-state index contributed by atoms with van der Waals surface area (Å²) in [7, 11) is -2.32. The number of amides is 1. The van der Waals surface area contributed by atoms with Gasteiger partial charge in [-0.3, -0.25) is 4.79 Å². The van der Waals surface area contributed by atoms with E-state index in [0.29, 0.717) is 30.4 Å². The Bertz CT molecular complexity index is 1520. The summed E-state index contributed by atoms with van der Waals surface area (Å²) >= 11 is 5.94. The van der Waals surface area contributed by atoms with Gasteiger partial charge in [0.1, 0.15) is 16.9 Å². The third-order valence-corrected chi connectivity index (χ3v) is 7.70. The minimum absolute atomic E-state index is 0.111. The third-order valence-electron chi connectivity index (χ3n) is 6.02. The molecule has 1 fully saturated rings. The highest BCUT2D eigenvalue weighted by atomic mass is 35.5. The number of carbonyl (C=O) groups excluding carboxylic acids is 1. The molecular formula is C25H22ClN3O4S. The highest BCUT2D eigenvalue weighted by Gasteiger charge is 2.35. The molecule has 0 aliphatic carbocycles. The van der Waals surface area contributed by atoms with E-state index in [2.05, 4.69) is 9.71 Å². The zero-order valence-corrected chi connectivity index (χ0v) is 19.9. The van der Waals surface area contributed by atoms with E-state index in [0.717, 1.165) is 27.2 Å². The molecule has 1 aliphatic rings. The molecule has 5 rings (SSSR count). The van der Waals surface area contributed by atoms with Crippen LogP contribution >= 0.6 is 11.6 Å². The topological polar surface area (TPSA) is 88.6 Å². The molecule has 0 saturated carbocycles. The van der Waals surface area contributed by atoms with Gasteiger partial charge in [-0.05, 0) is 71.3 Å². The number of hydrogen-bond donors (Lipinski definition) is 1. The van der Waals surface area contributed by atoms with E-state index in [-0.39, 0.29) is 10.8 Å². The van der Waals surface area contributed by atoms with E-state index in [4.69, 9.17) is 16.3 Å². The summed E-state index contributed by atoms with van der Waals surface area (Å²) in [5, 5.41) is 3.00. The number of pyridine rings is 1. The van der Waals surface area contributed by atoms with Crippen molar-refractivity contribution in [1.29, 1.82) is 0 Å². The van der Waals surface area contributed by atoms with E-state index in [1.54, 1.807) is 42.3 Å². The van der Waals surface area contributed by atoms with Crippen molar-refractivity contribution in [3.63, 3.8) is 0 Å². The molecule has 1 aromatic heterocycles. The van der Waals surface area contributed by atoms with E-state index in [1.165, 1.54) is 0 Å². The molecular weight excluding hydrogens is 474 g/mol. The Morgan fingerprint density at radius 2 is 1.82 bits per heavy atom. The Morgan fingerprint density at radius 1 is 1.03 bits per heavy atom. The Labute approximate surface area is 202 Å². The van der Waals surface area contributed by atoms with Crippen LogP contribution in [0.2, 0.25) is 5.15 Å². The van der Waals surface area contributed by atoms with Crippen LogP contribution < -0.4 is 9.46 Å². The summed E-state index contributed by atoms with van der Waals surface area (Å²) < 4.78 is 33.9. The summed E-state index contributed by atoms with van der Waals surface area (Å²) in [5.74, 6) is 0.407. The van der Waals surface area contributed by atoms with Crippen molar-refractivity contribution in [3.8, 4) is 5.75 Å². The maximum absolute atomic E-state index is 13.0. The zero-order chi connectivity index (χ0) is 23.9. The smallest absolute Gasteiger partial charge is 0.241 e. The van der Waals surface area contributed by atoms with Crippen LogP contribution in [0, 0.1) is 0 Å². The number of nitrogens with one attached hydrogen (secondary N) is 1. The van der Waals surface area contributed by atoms with Gasteiger partial charge in [-0.25, -0.2) is 13.4 Å². The standard InChI is InChI=1S/C25H22ClN3O4S/c1-33-20-6-3-17-4-7-21(14-19(17)13-20)34(31,32)28-23-10-11-29(25(23)30)15-16-2-8-22-18(12-16)5-9-24(26)27-22/h2-9,12-14,23,28H,10-11,15H2,1H3/t23-/m0/s1. The van der Waals surface area contributed by atoms with Crippen molar-refractivity contribution >= 4 is 49.2 Å². The second-order valence-electron chi connectivity index (χ2n) is 8.26. The van der Waals surface area contributed by atoms with Gasteiger partial charge in [0.05, 0.1) is 17.5 Å². The molecule has 34 heavy (non-hydrogen) atoms. The normalized spacial score (nSPS) is 16.5.